The lowest BCUT2D eigenvalue weighted by atomic mass is 9.98. The van der Waals surface area contributed by atoms with Crippen molar-refractivity contribution in [3.05, 3.63) is 106 Å². The summed E-state index contributed by atoms with van der Waals surface area (Å²) in [7, 11) is 0. The van der Waals surface area contributed by atoms with Gasteiger partial charge in [0.05, 0.1) is 12.2 Å². The Bertz CT molecular complexity index is 883. The Labute approximate surface area is 167 Å². The van der Waals surface area contributed by atoms with E-state index in [9.17, 15) is 4.79 Å². The largest absolute Gasteiger partial charge is 0.303 e. The highest BCUT2D eigenvalue weighted by atomic mass is 35.5. The Morgan fingerprint density at radius 3 is 2.56 bits per heavy atom. The second-order valence-electron chi connectivity index (χ2n) is 6.42. The number of allylic oxidation sites excluding steroid dienone is 9. The molecule has 1 aliphatic rings. The van der Waals surface area contributed by atoms with Crippen LogP contribution in [0.1, 0.15) is 43.1 Å². The van der Waals surface area contributed by atoms with Gasteiger partial charge in [-0.15, -0.1) is 0 Å². The lowest BCUT2D eigenvalue weighted by Gasteiger charge is -2.21. The van der Waals surface area contributed by atoms with Crippen molar-refractivity contribution >= 4 is 17.5 Å². The molecule has 0 atom stereocenters. The van der Waals surface area contributed by atoms with E-state index < -0.39 is 0 Å². The third-order valence-electron chi connectivity index (χ3n) is 4.60. The first kappa shape index (κ1) is 20.7. The number of benzene rings is 1. The van der Waals surface area contributed by atoms with Crippen molar-refractivity contribution in [3.8, 4) is 0 Å². The number of rotatable bonds is 7. The zero-order valence-electron chi connectivity index (χ0n) is 16.3. The van der Waals surface area contributed by atoms with Crippen LogP contribution in [0.4, 0.5) is 0 Å². The van der Waals surface area contributed by atoms with Crippen LogP contribution in [-0.4, -0.2) is 10.8 Å². The first-order chi connectivity index (χ1) is 12.9. The first-order valence-corrected chi connectivity index (χ1v) is 9.43. The van der Waals surface area contributed by atoms with Crippen LogP contribution < -0.4 is 0 Å². The summed E-state index contributed by atoms with van der Waals surface area (Å²) in [5, 5.41) is 0.453. The maximum Gasteiger partial charge on any atom is 0.258 e. The second-order valence-corrected chi connectivity index (χ2v) is 6.91. The summed E-state index contributed by atoms with van der Waals surface area (Å²) < 4.78 is 0. The van der Waals surface area contributed by atoms with Gasteiger partial charge < -0.3 is 4.90 Å². The molecule has 0 spiro atoms. The summed E-state index contributed by atoms with van der Waals surface area (Å²) >= 11 is 5.92. The monoisotopic (exact) mass is 379 g/mol. The molecule has 0 bridgehead atoms. The standard InChI is InChI=1S/C24H26ClNO/c1-6-17(4)15-22(19(7-2)14-13-18(5)25)23(8-3)26-16-20-11-9-10-12-21(20)24(26)27/h7-15H,3,5-6,16H2,1-2,4H3/b14-13-,17-15+,19-7+,23-22-. The van der Waals surface area contributed by atoms with Crippen molar-refractivity contribution in [1.29, 1.82) is 0 Å². The summed E-state index contributed by atoms with van der Waals surface area (Å²) in [6.07, 6.45) is 10.5. The highest BCUT2D eigenvalue weighted by Gasteiger charge is 2.29. The fourth-order valence-corrected chi connectivity index (χ4v) is 3.05. The van der Waals surface area contributed by atoms with E-state index in [1.165, 1.54) is 5.57 Å². The molecule has 1 aromatic carbocycles. The number of halogens is 1. The highest BCUT2D eigenvalue weighted by molar-refractivity contribution is 6.30. The van der Waals surface area contributed by atoms with Crippen LogP contribution in [0.5, 0.6) is 0 Å². The average Bonchev–Trinajstić information content (AvgIpc) is 2.99. The Kier molecular flexibility index (Phi) is 7.20. The van der Waals surface area contributed by atoms with Crippen LogP contribution in [0.3, 0.4) is 0 Å². The minimum atomic E-state index is 0.00161. The van der Waals surface area contributed by atoms with Gasteiger partial charge in [0, 0.05) is 16.2 Å². The summed E-state index contributed by atoms with van der Waals surface area (Å²) in [5.74, 6) is 0.00161. The van der Waals surface area contributed by atoms with E-state index in [-0.39, 0.29) is 5.91 Å². The van der Waals surface area contributed by atoms with E-state index in [2.05, 4.69) is 33.1 Å². The fourth-order valence-electron chi connectivity index (χ4n) is 2.99. The van der Waals surface area contributed by atoms with Gasteiger partial charge in [-0.1, -0.05) is 73.7 Å². The summed E-state index contributed by atoms with van der Waals surface area (Å²) in [6.45, 7) is 14.4. The third kappa shape index (κ3) is 4.78. The van der Waals surface area contributed by atoms with E-state index in [0.29, 0.717) is 11.6 Å². The van der Waals surface area contributed by atoms with Gasteiger partial charge in [0.2, 0.25) is 0 Å². The Hall–Kier alpha value is -2.58. The van der Waals surface area contributed by atoms with Gasteiger partial charge in [0.15, 0.2) is 0 Å². The van der Waals surface area contributed by atoms with Crippen molar-refractivity contribution in [2.75, 3.05) is 0 Å². The summed E-state index contributed by atoms with van der Waals surface area (Å²) in [4.78, 5) is 14.8. The van der Waals surface area contributed by atoms with Crippen molar-refractivity contribution in [3.63, 3.8) is 0 Å². The zero-order valence-corrected chi connectivity index (χ0v) is 17.0. The zero-order chi connectivity index (χ0) is 20.0. The number of carbonyl (C=O) groups excluding carboxylic acids is 1. The molecular weight excluding hydrogens is 354 g/mol. The maximum absolute atomic E-state index is 13.0. The minimum absolute atomic E-state index is 0.00161. The van der Waals surface area contributed by atoms with E-state index in [0.717, 1.165) is 34.4 Å². The van der Waals surface area contributed by atoms with Crippen LogP contribution in [0.25, 0.3) is 0 Å². The molecule has 0 radical (unpaired) electrons. The van der Waals surface area contributed by atoms with Gasteiger partial charge in [-0.3, -0.25) is 4.79 Å². The molecule has 0 saturated heterocycles. The number of hydrogen-bond donors (Lipinski definition) is 0. The molecule has 0 aromatic heterocycles. The second kappa shape index (κ2) is 9.38. The van der Waals surface area contributed by atoms with Crippen molar-refractivity contribution in [2.24, 2.45) is 0 Å². The molecule has 0 saturated carbocycles. The smallest absolute Gasteiger partial charge is 0.258 e. The van der Waals surface area contributed by atoms with Crippen LogP contribution >= 0.6 is 11.6 Å². The van der Waals surface area contributed by atoms with Gasteiger partial charge in [0.25, 0.3) is 5.91 Å². The first-order valence-electron chi connectivity index (χ1n) is 9.05. The summed E-state index contributed by atoms with van der Waals surface area (Å²) in [5.41, 5.74) is 5.70. The van der Waals surface area contributed by atoms with E-state index in [4.69, 9.17) is 11.6 Å². The molecule has 0 fully saturated rings. The number of nitrogens with zero attached hydrogens (tertiary/aromatic N) is 1. The van der Waals surface area contributed by atoms with Crippen LogP contribution in [0.2, 0.25) is 0 Å². The Balaban J connectivity index is 2.62. The molecule has 2 rings (SSSR count). The topological polar surface area (TPSA) is 20.3 Å². The van der Waals surface area contributed by atoms with Crippen LogP contribution in [-0.2, 0) is 6.54 Å². The third-order valence-corrected chi connectivity index (χ3v) is 4.72. The molecule has 3 heteroatoms. The minimum Gasteiger partial charge on any atom is -0.303 e. The summed E-state index contributed by atoms with van der Waals surface area (Å²) in [6, 6.07) is 7.72. The Morgan fingerprint density at radius 2 is 2.00 bits per heavy atom. The van der Waals surface area contributed by atoms with Gasteiger partial charge in [-0.05, 0) is 49.6 Å². The van der Waals surface area contributed by atoms with Crippen molar-refractivity contribution in [1.82, 2.24) is 4.90 Å². The van der Waals surface area contributed by atoms with Crippen molar-refractivity contribution < 1.29 is 4.79 Å². The molecule has 1 heterocycles. The fraction of sp³-hybridized carbons (Fsp3) is 0.208. The maximum atomic E-state index is 13.0. The highest BCUT2D eigenvalue weighted by Crippen LogP contribution is 2.31. The van der Waals surface area contributed by atoms with Crippen LogP contribution in [0, 0.1) is 0 Å². The SMILES string of the molecule is C=C/C(=C(\C=C(/C)CC)C(/C=C\C(=C)Cl)=C/C)N1Cc2ccccc2C1=O. The number of fused-ring (bicyclic) bond motifs is 1. The molecule has 0 unspecified atom stereocenters. The molecule has 1 amide bonds. The lowest BCUT2D eigenvalue weighted by Crippen LogP contribution is -2.23. The van der Waals surface area contributed by atoms with Crippen molar-refractivity contribution in [2.45, 2.75) is 33.7 Å². The number of hydrogen-bond acceptors (Lipinski definition) is 1. The molecule has 0 N–H and O–H groups in total. The van der Waals surface area contributed by atoms with Gasteiger partial charge >= 0.3 is 0 Å². The van der Waals surface area contributed by atoms with E-state index >= 15 is 0 Å². The van der Waals surface area contributed by atoms with E-state index in [1.54, 1.807) is 17.1 Å². The lowest BCUT2D eigenvalue weighted by molar-refractivity contribution is 0.0830. The molecule has 1 aliphatic heterocycles. The Morgan fingerprint density at radius 1 is 1.30 bits per heavy atom. The predicted molar refractivity (Wildman–Crippen MR) is 115 cm³/mol. The average molecular weight is 380 g/mol. The van der Waals surface area contributed by atoms with Gasteiger partial charge in [0.1, 0.15) is 0 Å². The normalized spacial score (nSPS) is 15.9. The van der Waals surface area contributed by atoms with Gasteiger partial charge in [-0.25, -0.2) is 0 Å². The molecule has 1 aromatic rings. The number of carbonyl (C=O) groups is 1. The quantitative estimate of drug-likeness (QED) is 0.483. The molecule has 27 heavy (non-hydrogen) atoms. The predicted octanol–water partition coefficient (Wildman–Crippen LogP) is 6.69. The van der Waals surface area contributed by atoms with Crippen LogP contribution in [0.15, 0.2) is 95.3 Å². The molecule has 140 valence electrons. The van der Waals surface area contributed by atoms with Gasteiger partial charge in [-0.2, -0.15) is 0 Å². The van der Waals surface area contributed by atoms with E-state index in [1.807, 2.05) is 43.3 Å². The molecule has 0 aliphatic carbocycles. The molecule has 2 nitrogen and oxygen atoms in total. The molecular formula is C24H26ClNO. The number of amides is 1.